The predicted molar refractivity (Wildman–Crippen MR) is 78.2 cm³/mol. The third-order valence-electron chi connectivity index (χ3n) is 3.24. The third kappa shape index (κ3) is 7.19. The summed E-state index contributed by atoms with van der Waals surface area (Å²) in [5, 5.41) is 0. The zero-order chi connectivity index (χ0) is 15.0. The summed E-state index contributed by atoms with van der Waals surface area (Å²) in [5.74, 6) is 11.8. The molecule has 1 rings (SSSR count). The van der Waals surface area contributed by atoms with Crippen LogP contribution < -0.4 is 9.80 Å². The van der Waals surface area contributed by atoms with Gasteiger partial charge in [-0.05, 0) is 19.8 Å². The topological polar surface area (TPSA) is 35.2 Å². The zero-order valence-corrected chi connectivity index (χ0v) is 13.1. The van der Waals surface area contributed by atoms with E-state index in [1.165, 1.54) is 33.1 Å². The van der Waals surface area contributed by atoms with Crippen molar-refractivity contribution in [3.05, 3.63) is 0 Å². The maximum Gasteiger partial charge on any atom is 0.304 e. The minimum absolute atomic E-state index is 0.309. The van der Waals surface area contributed by atoms with Crippen molar-refractivity contribution in [2.24, 2.45) is 0 Å². The number of hydrogen-bond acceptors (Lipinski definition) is 2. The van der Waals surface area contributed by atoms with E-state index in [1.54, 1.807) is 23.6 Å². The first-order valence-electron chi connectivity index (χ1n) is 7.19. The lowest BCUT2D eigenvalue weighted by Gasteiger charge is -2.25. The van der Waals surface area contributed by atoms with Gasteiger partial charge in [-0.25, -0.2) is 0 Å². The summed E-state index contributed by atoms with van der Waals surface area (Å²) in [5.41, 5.74) is -0.723. The molecule has 110 valence electrons. The fourth-order valence-electron chi connectivity index (χ4n) is 2.14. The molecule has 0 aromatic carbocycles. The van der Waals surface area contributed by atoms with Gasteiger partial charge in [0.05, 0.1) is 13.5 Å². The highest BCUT2D eigenvalue weighted by molar-refractivity contribution is 5.66. The van der Waals surface area contributed by atoms with Crippen molar-refractivity contribution in [3.8, 4) is 23.7 Å². The van der Waals surface area contributed by atoms with Crippen molar-refractivity contribution in [3.63, 3.8) is 0 Å². The first-order chi connectivity index (χ1) is 9.39. The minimum atomic E-state index is -0.723. The van der Waals surface area contributed by atoms with E-state index >= 15 is 0 Å². The number of carbonyl (C=O) groups is 1. The number of piperazine rings is 1. The molecular formula is C16H26N2O2+2. The molecule has 0 aromatic heterocycles. The Morgan fingerprint density at radius 2 is 1.80 bits per heavy atom. The fourth-order valence-corrected chi connectivity index (χ4v) is 2.14. The van der Waals surface area contributed by atoms with Gasteiger partial charge in [0.1, 0.15) is 32.7 Å². The highest BCUT2D eigenvalue weighted by Gasteiger charge is 2.18. The molecule has 0 aliphatic carbocycles. The largest absolute Gasteiger partial charge is 0.447 e. The van der Waals surface area contributed by atoms with E-state index in [-0.39, 0.29) is 5.97 Å². The van der Waals surface area contributed by atoms with Gasteiger partial charge in [0, 0.05) is 6.92 Å². The number of rotatable bonds is 2. The van der Waals surface area contributed by atoms with Crippen LogP contribution in [0, 0.1) is 23.7 Å². The van der Waals surface area contributed by atoms with Gasteiger partial charge in [-0.1, -0.05) is 17.8 Å². The van der Waals surface area contributed by atoms with Crippen molar-refractivity contribution >= 4 is 5.97 Å². The van der Waals surface area contributed by atoms with Crippen molar-refractivity contribution in [2.75, 3.05) is 39.8 Å². The predicted octanol–water partition coefficient (Wildman–Crippen LogP) is -1.86. The van der Waals surface area contributed by atoms with Crippen molar-refractivity contribution < 1.29 is 19.3 Å². The first kappa shape index (κ1) is 16.6. The second-order valence-electron chi connectivity index (χ2n) is 5.82. The number of hydrogen-bond donors (Lipinski definition) is 2. The van der Waals surface area contributed by atoms with Gasteiger partial charge in [-0.15, -0.1) is 0 Å². The van der Waals surface area contributed by atoms with Crippen LogP contribution in [-0.2, 0) is 9.53 Å². The Hall–Kier alpha value is -1.49. The molecule has 1 aliphatic heterocycles. The minimum Gasteiger partial charge on any atom is -0.447 e. The van der Waals surface area contributed by atoms with Gasteiger partial charge in [-0.3, -0.25) is 4.79 Å². The van der Waals surface area contributed by atoms with Crippen LogP contribution in [0.2, 0.25) is 0 Å². The molecule has 0 saturated carbocycles. The summed E-state index contributed by atoms with van der Waals surface area (Å²) >= 11 is 0. The fraction of sp³-hybridized carbons (Fsp3) is 0.688. The number of nitrogens with one attached hydrogen (secondary N) is 2. The van der Waals surface area contributed by atoms with Gasteiger partial charge >= 0.3 is 5.97 Å². The number of ether oxygens (including phenoxy) is 1. The summed E-state index contributed by atoms with van der Waals surface area (Å²) in [6.07, 6.45) is 0.531. The summed E-state index contributed by atoms with van der Waals surface area (Å²) in [6.45, 7) is 10.7. The Labute approximate surface area is 122 Å². The molecule has 1 aliphatic rings. The molecule has 0 spiro atoms. The molecule has 0 amide bonds. The van der Waals surface area contributed by atoms with Crippen LogP contribution in [0.5, 0.6) is 0 Å². The normalized spacial score (nSPS) is 22.0. The summed E-state index contributed by atoms with van der Waals surface area (Å²) in [7, 11) is 2.24. The van der Waals surface area contributed by atoms with E-state index in [0.29, 0.717) is 6.42 Å². The van der Waals surface area contributed by atoms with Crippen molar-refractivity contribution in [2.45, 2.75) is 32.8 Å². The van der Waals surface area contributed by atoms with Crippen LogP contribution in [0.15, 0.2) is 0 Å². The first-order valence-corrected chi connectivity index (χ1v) is 7.19. The third-order valence-corrected chi connectivity index (χ3v) is 3.24. The van der Waals surface area contributed by atoms with E-state index in [2.05, 4.69) is 30.7 Å². The Kier molecular flexibility index (Phi) is 6.58. The molecule has 1 saturated heterocycles. The van der Waals surface area contributed by atoms with E-state index in [9.17, 15) is 4.79 Å². The Morgan fingerprint density at radius 1 is 1.15 bits per heavy atom. The molecule has 0 radical (unpaired) electrons. The van der Waals surface area contributed by atoms with E-state index < -0.39 is 5.60 Å². The smallest absolute Gasteiger partial charge is 0.304 e. The van der Waals surface area contributed by atoms with Crippen molar-refractivity contribution in [1.29, 1.82) is 0 Å². The molecule has 4 heteroatoms. The molecule has 0 bridgehead atoms. The van der Waals surface area contributed by atoms with E-state index in [4.69, 9.17) is 4.74 Å². The zero-order valence-electron chi connectivity index (χ0n) is 13.1. The van der Waals surface area contributed by atoms with Gasteiger partial charge in [0.25, 0.3) is 0 Å². The average Bonchev–Trinajstić information content (AvgIpc) is 2.34. The molecule has 1 heterocycles. The summed E-state index contributed by atoms with van der Waals surface area (Å²) in [4.78, 5) is 14.0. The average molecular weight is 278 g/mol. The Morgan fingerprint density at radius 3 is 2.40 bits per heavy atom. The molecule has 0 unspecified atom stereocenters. The molecule has 0 atom stereocenters. The number of quaternary nitrogens is 2. The van der Waals surface area contributed by atoms with E-state index in [0.717, 1.165) is 6.54 Å². The highest BCUT2D eigenvalue weighted by atomic mass is 16.6. The molecule has 4 nitrogen and oxygen atoms in total. The molecule has 20 heavy (non-hydrogen) atoms. The quantitative estimate of drug-likeness (QED) is 0.459. The van der Waals surface area contributed by atoms with Gasteiger partial charge in [-0.2, -0.15) is 0 Å². The number of carbonyl (C=O) groups excluding carboxylic acids is 1. The maximum atomic E-state index is 10.9. The van der Waals surface area contributed by atoms with E-state index in [1.807, 2.05) is 0 Å². The standard InChI is InChI=1S/C16H24N2O2/c1-15(19)20-16(2,3)9-7-5-6-8-10-18-13-11-17(4)12-14-18/h5,10-14H2,1-4H3/p+2. The molecule has 1 fully saturated rings. The molecular weight excluding hydrogens is 252 g/mol. The molecule has 0 aromatic rings. The Balaban J connectivity index is 2.28. The van der Waals surface area contributed by atoms with Crippen LogP contribution in [0.4, 0.5) is 0 Å². The SMILES string of the molecule is CC(=O)OC(C)(C)C#CCC#CC[NH+]1CC[NH+](C)CC1. The number of likely N-dealkylation sites (N-methyl/N-ethyl adjacent to an activating group) is 1. The van der Waals surface area contributed by atoms with Crippen LogP contribution in [0.3, 0.4) is 0 Å². The van der Waals surface area contributed by atoms with Gasteiger partial charge in [0.15, 0.2) is 5.60 Å². The second-order valence-corrected chi connectivity index (χ2v) is 5.82. The van der Waals surface area contributed by atoms with Gasteiger partial charge < -0.3 is 14.5 Å². The van der Waals surface area contributed by atoms with Gasteiger partial charge in [0.2, 0.25) is 0 Å². The van der Waals surface area contributed by atoms with Crippen LogP contribution in [0.25, 0.3) is 0 Å². The molecule has 2 N–H and O–H groups in total. The summed E-state index contributed by atoms with van der Waals surface area (Å²) < 4.78 is 5.08. The van der Waals surface area contributed by atoms with Crippen molar-refractivity contribution in [1.82, 2.24) is 0 Å². The lowest BCUT2D eigenvalue weighted by Crippen LogP contribution is -3.26. The lowest BCUT2D eigenvalue weighted by molar-refractivity contribution is -1.000. The maximum absolute atomic E-state index is 10.9. The second kappa shape index (κ2) is 7.94. The monoisotopic (exact) mass is 278 g/mol. The lowest BCUT2D eigenvalue weighted by atomic mass is 10.1. The van der Waals surface area contributed by atoms with Crippen LogP contribution in [0.1, 0.15) is 27.2 Å². The van der Waals surface area contributed by atoms with Crippen LogP contribution in [-0.4, -0.2) is 51.3 Å². The van der Waals surface area contributed by atoms with Crippen LogP contribution >= 0.6 is 0 Å². The summed E-state index contributed by atoms with van der Waals surface area (Å²) in [6, 6.07) is 0. The number of esters is 1. The highest BCUT2D eigenvalue weighted by Crippen LogP contribution is 2.06. The Bertz CT molecular complexity index is 441.